The summed E-state index contributed by atoms with van der Waals surface area (Å²) in [6.07, 6.45) is 1.38. The summed E-state index contributed by atoms with van der Waals surface area (Å²) in [5.41, 5.74) is 23.4. The minimum atomic E-state index is -0.305. The van der Waals surface area contributed by atoms with Gasteiger partial charge in [0.1, 0.15) is 34.9 Å². The lowest BCUT2D eigenvalue weighted by Gasteiger charge is -2.30. The van der Waals surface area contributed by atoms with Gasteiger partial charge in [-0.25, -0.2) is 29.9 Å². The molecule has 6 nitrogen and oxygen atoms in total. The van der Waals surface area contributed by atoms with Crippen molar-refractivity contribution in [2.75, 3.05) is 0 Å². The molecule has 10 aromatic rings. The van der Waals surface area contributed by atoms with Crippen LogP contribution in [0.15, 0.2) is 182 Å². The van der Waals surface area contributed by atoms with E-state index in [-0.39, 0.29) is 10.8 Å². The fourth-order valence-corrected chi connectivity index (χ4v) is 12.4. The van der Waals surface area contributed by atoms with Crippen molar-refractivity contribution < 1.29 is 0 Å². The lowest BCUT2D eigenvalue weighted by Crippen LogP contribution is -2.26. The van der Waals surface area contributed by atoms with E-state index in [4.69, 9.17) is 0 Å². The lowest BCUT2D eigenvalue weighted by atomic mass is 9.70. The molecule has 380 valence electrons. The van der Waals surface area contributed by atoms with E-state index in [0.717, 1.165) is 34.9 Å². The summed E-state index contributed by atoms with van der Waals surface area (Å²) < 4.78 is 0. The third kappa shape index (κ3) is 8.54. The summed E-state index contributed by atoms with van der Waals surface area (Å²) in [6.45, 7) is 23.7. The maximum Gasteiger partial charge on any atom is 0.136 e. The highest BCUT2D eigenvalue weighted by Gasteiger charge is 2.53. The minimum Gasteiger partial charge on any atom is -0.219 e. The van der Waals surface area contributed by atoms with Crippen LogP contribution in [-0.2, 0) is 23.7 Å². The molecule has 0 fully saturated rings. The maximum absolute atomic E-state index is 4.60. The van der Waals surface area contributed by atoms with E-state index in [1.807, 2.05) is 83.1 Å². The molecule has 0 radical (unpaired) electrons. The molecule has 0 amide bonds. The van der Waals surface area contributed by atoms with E-state index < -0.39 is 0 Å². The van der Waals surface area contributed by atoms with Gasteiger partial charge in [0.15, 0.2) is 0 Å². The summed E-state index contributed by atoms with van der Waals surface area (Å²) in [5.74, 6) is 4.72. The van der Waals surface area contributed by atoms with Crippen molar-refractivity contribution in [1.82, 2.24) is 29.9 Å². The van der Waals surface area contributed by atoms with Gasteiger partial charge in [0.2, 0.25) is 0 Å². The number of hydrogen-bond donors (Lipinski definition) is 0. The molecular weight excluding hydrogens is 925 g/mol. The number of hydrogen-bond acceptors (Lipinski definition) is 6. The zero-order valence-electron chi connectivity index (χ0n) is 46.4. The van der Waals surface area contributed by atoms with Crippen molar-refractivity contribution in [3.05, 3.63) is 273 Å². The van der Waals surface area contributed by atoms with Gasteiger partial charge in [-0.15, -0.1) is 0 Å². The third-order valence-electron chi connectivity index (χ3n) is 14.7. The lowest BCUT2D eigenvalue weighted by molar-refractivity contribution is 0.789. The first kappa shape index (κ1) is 52.6. The number of nitrogens with zero attached hydrogens (tertiary/aromatic N) is 6. The number of aromatic nitrogens is 6. The molecule has 0 atom stereocenters. The average Bonchev–Trinajstić information content (AvgIpc) is 4.16. The highest BCUT2D eigenvalue weighted by Crippen LogP contribution is 2.64. The van der Waals surface area contributed by atoms with Crippen molar-refractivity contribution in [2.45, 2.75) is 107 Å². The first-order chi connectivity index (χ1) is 37.3. The largest absolute Gasteiger partial charge is 0.219 e. The SMILES string of the molecule is CC.CC.CC.CC.Cc1nc(C)nc(Cc2ccc3c(c2)-c2ccccc2C32c3ccccc3-c3ccccc32)n1.Cc1nc(C)nc(Cc2ccc3c(c2)C2(c4ccccc4-c4ccccc42)c2ccccc2-3)n1. The van der Waals surface area contributed by atoms with Gasteiger partial charge in [-0.1, -0.05) is 237 Å². The molecule has 0 N–H and O–H groups in total. The Balaban J connectivity index is 0.000000165. The Morgan fingerprint density at radius 2 is 0.500 bits per heavy atom. The normalized spacial score (nSPS) is 12.8. The summed E-state index contributed by atoms with van der Waals surface area (Å²) in [5, 5.41) is 0. The van der Waals surface area contributed by atoms with E-state index in [1.165, 1.54) is 100 Å². The molecule has 0 aliphatic heterocycles. The van der Waals surface area contributed by atoms with Crippen LogP contribution >= 0.6 is 0 Å². The fraction of sp³-hybridized carbons (Fsp3) is 0.229. The van der Waals surface area contributed by atoms with Gasteiger partial charge < -0.3 is 0 Å². The second-order valence-electron chi connectivity index (χ2n) is 18.6. The van der Waals surface area contributed by atoms with Gasteiger partial charge in [-0.2, -0.15) is 0 Å². The second kappa shape index (κ2) is 22.3. The fourth-order valence-electron chi connectivity index (χ4n) is 12.4. The standard InChI is InChI=1S/2C31H23N3.4C2H6/c1-19-32-20(2)34-30(33-19)18-21-15-16-29-25(17-21)24-11-5-8-14-28(24)31(29)26-12-6-3-9-22(26)23-10-4-7-13-27(23)31;1-19-32-20(2)34-30(33-19)18-21-15-16-25-24-11-5-8-14-28(24)31(29(25)17-21)26-12-6-3-9-22(26)23-10-4-7-13-27(23)31;4*1-2/h2*3-17H,18H2,1-2H3;4*1-2H3. The Labute approximate surface area is 451 Å². The smallest absolute Gasteiger partial charge is 0.136 e. The van der Waals surface area contributed by atoms with Crippen LogP contribution in [0.25, 0.3) is 44.5 Å². The number of benzene rings is 8. The number of aryl methyl sites for hydroxylation is 4. The summed E-state index contributed by atoms with van der Waals surface area (Å²) >= 11 is 0. The van der Waals surface area contributed by atoms with Crippen LogP contribution < -0.4 is 0 Å². The van der Waals surface area contributed by atoms with Crippen LogP contribution in [0.1, 0.15) is 146 Å². The molecule has 2 spiro atoms. The van der Waals surface area contributed by atoms with E-state index in [1.54, 1.807) is 0 Å². The minimum absolute atomic E-state index is 0.280. The topological polar surface area (TPSA) is 77.3 Å². The van der Waals surface area contributed by atoms with Crippen molar-refractivity contribution >= 4 is 0 Å². The Morgan fingerprint density at radius 1 is 0.250 bits per heavy atom. The zero-order chi connectivity index (χ0) is 53.7. The average molecular weight is 995 g/mol. The molecule has 0 saturated carbocycles. The molecule has 76 heavy (non-hydrogen) atoms. The molecule has 0 unspecified atom stereocenters. The maximum atomic E-state index is 4.60. The Kier molecular flexibility index (Phi) is 15.5. The molecule has 14 rings (SSSR count). The van der Waals surface area contributed by atoms with Crippen molar-refractivity contribution in [3.8, 4) is 44.5 Å². The zero-order valence-corrected chi connectivity index (χ0v) is 46.4. The van der Waals surface area contributed by atoms with Crippen LogP contribution in [0, 0.1) is 27.7 Å². The summed E-state index contributed by atoms with van der Waals surface area (Å²) in [6, 6.07) is 67.3. The first-order valence-electron chi connectivity index (χ1n) is 27.5. The van der Waals surface area contributed by atoms with Crippen molar-refractivity contribution in [2.24, 2.45) is 0 Å². The van der Waals surface area contributed by atoms with Crippen LogP contribution in [0.5, 0.6) is 0 Å². The Bertz CT molecular complexity index is 3570. The van der Waals surface area contributed by atoms with Gasteiger partial charge in [-0.3, -0.25) is 0 Å². The Hall–Kier alpha value is -8.22. The highest BCUT2D eigenvalue weighted by molar-refractivity contribution is 5.96. The van der Waals surface area contributed by atoms with Gasteiger partial charge in [0.25, 0.3) is 0 Å². The van der Waals surface area contributed by atoms with Gasteiger partial charge in [-0.05, 0) is 128 Å². The van der Waals surface area contributed by atoms with Crippen LogP contribution in [-0.4, -0.2) is 29.9 Å². The predicted molar refractivity (Wildman–Crippen MR) is 315 cm³/mol. The molecule has 4 aliphatic rings. The number of fused-ring (bicyclic) bond motifs is 20. The summed E-state index contributed by atoms with van der Waals surface area (Å²) in [7, 11) is 0. The summed E-state index contributed by atoms with van der Waals surface area (Å²) in [4.78, 5) is 27.0. The molecule has 6 heteroatoms. The molecule has 0 bridgehead atoms. The molecule has 8 aromatic carbocycles. The molecular formula is C70H70N6. The predicted octanol–water partition coefficient (Wildman–Crippen LogP) is 17.0. The monoisotopic (exact) mass is 995 g/mol. The van der Waals surface area contributed by atoms with E-state index in [2.05, 4.69) is 212 Å². The van der Waals surface area contributed by atoms with E-state index in [0.29, 0.717) is 12.8 Å². The Morgan fingerprint density at radius 3 is 0.842 bits per heavy atom. The van der Waals surface area contributed by atoms with Crippen molar-refractivity contribution in [1.29, 1.82) is 0 Å². The van der Waals surface area contributed by atoms with E-state index >= 15 is 0 Å². The molecule has 2 heterocycles. The van der Waals surface area contributed by atoms with Gasteiger partial charge in [0, 0.05) is 12.8 Å². The van der Waals surface area contributed by atoms with E-state index in [9.17, 15) is 0 Å². The first-order valence-corrected chi connectivity index (χ1v) is 27.5. The van der Waals surface area contributed by atoms with Crippen molar-refractivity contribution in [3.63, 3.8) is 0 Å². The quantitative estimate of drug-likeness (QED) is 0.175. The third-order valence-corrected chi connectivity index (χ3v) is 14.7. The second-order valence-corrected chi connectivity index (χ2v) is 18.6. The molecule has 4 aliphatic carbocycles. The van der Waals surface area contributed by atoms with Gasteiger partial charge in [0.05, 0.1) is 10.8 Å². The molecule has 2 aromatic heterocycles. The van der Waals surface area contributed by atoms with Crippen LogP contribution in [0.3, 0.4) is 0 Å². The molecule has 0 saturated heterocycles. The highest BCUT2D eigenvalue weighted by atomic mass is 15.0. The van der Waals surface area contributed by atoms with Crippen LogP contribution in [0.4, 0.5) is 0 Å². The van der Waals surface area contributed by atoms with Gasteiger partial charge >= 0.3 is 0 Å². The number of rotatable bonds is 4. The van der Waals surface area contributed by atoms with Crippen LogP contribution in [0.2, 0.25) is 0 Å².